The van der Waals surface area contributed by atoms with Crippen molar-refractivity contribution in [3.05, 3.63) is 55.6 Å². The molecule has 1 amide bonds. The first kappa shape index (κ1) is 13.6. The van der Waals surface area contributed by atoms with Crippen LogP contribution in [0.4, 0.5) is 0 Å². The third-order valence-electron chi connectivity index (χ3n) is 2.51. The maximum atomic E-state index is 11.9. The molecule has 1 heterocycles. The van der Waals surface area contributed by atoms with Crippen LogP contribution in [-0.2, 0) is 0 Å². The van der Waals surface area contributed by atoms with Crippen LogP contribution in [0.3, 0.4) is 0 Å². The third kappa shape index (κ3) is 3.34. The molecule has 1 aromatic heterocycles. The number of carbonyl (C=O) groups excluding carboxylic acids is 1. The first-order valence-electron chi connectivity index (χ1n) is 5.38. The van der Waals surface area contributed by atoms with E-state index >= 15 is 0 Å². The Kier molecular flexibility index (Phi) is 4.43. The molecule has 2 aromatic rings. The molecule has 0 aliphatic rings. The molecule has 0 fully saturated rings. The lowest BCUT2D eigenvalue weighted by atomic mass is 10.1. The first-order chi connectivity index (χ1) is 8.56. The minimum atomic E-state index is -0.0951. The Labute approximate surface area is 123 Å². The van der Waals surface area contributed by atoms with Gasteiger partial charge in [-0.2, -0.15) is 0 Å². The highest BCUT2D eigenvalue weighted by atomic mass is 79.9. The minimum Gasteiger partial charge on any atom is -0.345 e. The van der Waals surface area contributed by atoms with Crippen molar-refractivity contribution in [1.82, 2.24) is 5.32 Å². The fourth-order valence-corrected chi connectivity index (χ4v) is 2.75. The van der Waals surface area contributed by atoms with E-state index in [1.165, 1.54) is 11.3 Å². The van der Waals surface area contributed by atoms with E-state index < -0.39 is 0 Å². The Morgan fingerprint density at radius 2 is 1.94 bits per heavy atom. The fourth-order valence-electron chi connectivity index (χ4n) is 1.54. The number of rotatable bonds is 3. The van der Waals surface area contributed by atoms with E-state index in [9.17, 15) is 4.79 Å². The molecule has 5 heteroatoms. The molecule has 2 rings (SSSR count). The van der Waals surface area contributed by atoms with Gasteiger partial charge in [0.15, 0.2) is 0 Å². The summed E-state index contributed by atoms with van der Waals surface area (Å²) in [5.41, 5.74) is 1.06. The SMILES string of the molecule is C[C@H](NC(=O)c1ccc(Cl)s1)c1ccc(Br)cc1. The molecule has 18 heavy (non-hydrogen) atoms. The van der Waals surface area contributed by atoms with E-state index in [1.54, 1.807) is 12.1 Å². The number of nitrogens with one attached hydrogen (secondary N) is 1. The number of carbonyl (C=O) groups is 1. The van der Waals surface area contributed by atoms with Crippen molar-refractivity contribution in [3.8, 4) is 0 Å². The van der Waals surface area contributed by atoms with Crippen molar-refractivity contribution < 1.29 is 4.79 Å². The lowest BCUT2D eigenvalue weighted by Gasteiger charge is -2.13. The summed E-state index contributed by atoms with van der Waals surface area (Å²) in [5.74, 6) is -0.0951. The zero-order valence-corrected chi connectivity index (χ0v) is 12.8. The molecule has 1 aromatic carbocycles. The Hall–Kier alpha value is -0.840. The van der Waals surface area contributed by atoms with E-state index in [0.717, 1.165) is 10.0 Å². The van der Waals surface area contributed by atoms with Gasteiger partial charge in [-0.25, -0.2) is 0 Å². The molecule has 0 radical (unpaired) electrons. The number of hydrogen-bond donors (Lipinski definition) is 1. The standard InChI is InChI=1S/C13H11BrClNOS/c1-8(9-2-4-10(14)5-3-9)16-13(17)11-6-7-12(15)18-11/h2-8H,1H3,(H,16,17)/t8-/m0/s1. The van der Waals surface area contributed by atoms with Crippen LogP contribution < -0.4 is 5.32 Å². The van der Waals surface area contributed by atoms with Gasteiger partial charge in [0, 0.05) is 4.47 Å². The van der Waals surface area contributed by atoms with Crippen LogP contribution in [-0.4, -0.2) is 5.91 Å². The van der Waals surface area contributed by atoms with E-state index in [4.69, 9.17) is 11.6 Å². The van der Waals surface area contributed by atoms with Crippen molar-refractivity contribution in [1.29, 1.82) is 0 Å². The highest BCUT2D eigenvalue weighted by Gasteiger charge is 2.13. The van der Waals surface area contributed by atoms with E-state index in [1.807, 2.05) is 31.2 Å². The van der Waals surface area contributed by atoms with Gasteiger partial charge in [0.25, 0.3) is 5.91 Å². The maximum Gasteiger partial charge on any atom is 0.261 e. The van der Waals surface area contributed by atoms with Crippen LogP contribution in [0.25, 0.3) is 0 Å². The zero-order chi connectivity index (χ0) is 13.1. The largest absolute Gasteiger partial charge is 0.345 e. The summed E-state index contributed by atoms with van der Waals surface area (Å²) in [6.45, 7) is 1.95. The number of hydrogen-bond acceptors (Lipinski definition) is 2. The second-order valence-corrected chi connectivity index (χ2v) is 6.48. The number of thiophene rings is 1. The molecular weight excluding hydrogens is 334 g/mol. The second kappa shape index (κ2) is 5.87. The summed E-state index contributed by atoms with van der Waals surface area (Å²) in [6, 6.07) is 11.3. The van der Waals surface area contributed by atoms with E-state index in [-0.39, 0.29) is 11.9 Å². The first-order valence-corrected chi connectivity index (χ1v) is 7.36. The van der Waals surface area contributed by atoms with Crippen molar-refractivity contribution in [3.63, 3.8) is 0 Å². The van der Waals surface area contributed by atoms with Gasteiger partial charge < -0.3 is 5.32 Å². The minimum absolute atomic E-state index is 0.0357. The summed E-state index contributed by atoms with van der Waals surface area (Å²) in [4.78, 5) is 12.6. The Balaban J connectivity index is 2.05. The Bertz CT molecular complexity index is 552. The summed E-state index contributed by atoms with van der Waals surface area (Å²) in [7, 11) is 0. The Morgan fingerprint density at radius 3 is 2.50 bits per heavy atom. The van der Waals surface area contributed by atoms with Gasteiger partial charge in [-0.05, 0) is 36.8 Å². The molecule has 0 bridgehead atoms. The van der Waals surface area contributed by atoms with Crippen molar-refractivity contribution in [2.45, 2.75) is 13.0 Å². The van der Waals surface area contributed by atoms with Crippen LogP contribution in [0.5, 0.6) is 0 Å². The van der Waals surface area contributed by atoms with Crippen LogP contribution in [0.1, 0.15) is 28.2 Å². The molecule has 94 valence electrons. The van der Waals surface area contributed by atoms with Gasteiger partial charge in [0.1, 0.15) is 0 Å². The van der Waals surface area contributed by atoms with Gasteiger partial charge in [-0.15, -0.1) is 11.3 Å². The van der Waals surface area contributed by atoms with Gasteiger partial charge in [-0.1, -0.05) is 39.7 Å². The van der Waals surface area contributed by atoms with Crippen molar-refractivity contribution >= 4 is 44.8 Å². The normalized spacial score (nSPS) is 12.2. The van der Waals surface area contributed by atoms with Gasteiger partial charge in [-0.3, -0.25) is 4.79 Å². The lowest BCUT2D eigenvalue weighted by Crippen LogP contribution is -2.25. The van der Waals surface area contributed by atoms with Crippen LogP contribution in [0, 0.1) is 0 Å². The van der Waals surface area contributed by atoms with E-state index in [0.29, 0.717) is 9.21 Å². The topological polar surface area (TPSA) is 29.1 Å². The van der Waals surface area contributed by atoms with Gasteiger partial charge in [0.2, 0.25) is 0 Å². The van der Waals surface area contributed by atoms with Gasteiger partial charge in [0.05, 0.1) is 15.3 Å². The van der Waals surface area contributed by atoms with Gasteiger partial charge >= 0.3 is 0 Å². The molecule has 0 aliphatic carbocycles. The average Bonchev–Trinajstić information content (AvgIpc) is 2.76. The molecule has 0 unspecified atom stereocenters. The smallest absolute Gasteiger partial charge is 0.261 e. The summed E-state index contributed by atoms with van der Waals surface area (Å²) >= 11 is 10.5. The molecule has 0 aliphatic heterocycles. The quantitative estimate of drug-likeness (QED) is 0.862. The second-order valence-electron chi connectivity index (χ2n) is 3.85. The highest BCUT2D eigenvalue weighted by Crippen LogP contribution is 2.22. The average molecular weight is 345 g/mol. The maximum absolute atomic E-state index is 11.9. The molecule has 2 nitrogen and oxygen atoms in total. The van der Waals surface area contributed by atoms with Crippen LogP contribution in [0.2, 0.25) is 4.34 Å². The summed E-state index contributed by atoms with van der Waals surface area (Å²) in [6.07, 6.45) is 0. The number of amides is 1. The molecular formula is C13H11BrClNOS. The summed E-state index contributed by atoms with van der Waals surface area (Å²) < 4.78 is 1.64. The zero-order valence-electron chi connectivity index (χ0n) is 9.61. The van der Waals surface area contributed by atoms with Crippen LogP contribution >= 0.6 is 38.9 Å². The number of halogens is 2. The molecule has 1 atom stereocenters. The molecule has 1 N–H and O–H groups in total. The van der Waals surface area contributed by atoms with Crippen LogP contribution in [0.15, 0.2) is 40.9 Å². The van der Waals surface area contributed by atoms with Crippen molar-refractivity contribution in [2.24, 2.45) is 0 Å². The Morgan fingerprint density at radius 1 is 1.28 bits per heavy atom. The van der Waals surface area contributed by atoms with E-state index in [2.05, 4.69) is 21.2 Å². The predicted octanol–water partition coefficient (Wildman–Crippen LogP) is 4.66. The molecule has 0 spiro atoms. The summed E-state index contributed by atoms with van der Waals surface area (Å²) in [5, 5.41) is 2.94. The molecule has 0 saturated heterocycles. The third-order valence-corrected chi connectivity index (χ3v) is 4.27. The highest BCUT2D eigenvalue weighted by molar-refractivity contribution is 9.10. The van der Waals surface area contributed by atoms with Crippen molar-refractivity contribution in [2.75, 3.05) is 0 Å². The number of benzene rings is 1. The molecule has 0 saturated carbocycles. The monoisotopic (exact) mass is 343 g/mol. The fraction of sp³-hybridized carbons (Fsp3) is 0.154. The lowest BCUT2D eigenvalue weighted by molar-refractivity contribution is 0.0944. The predicted molar refractivity (Wildman–Crippen MR) is 79.4 cm³/mol.